The number of likely N-dealkylation sites (tertiary alicyclic amines) is 2. The van der Waals surface area contributed by atoms with Gasteiger partial charge in [0.25, 0.3) is 0 Å². The van der Waals surface area contributed by atoms with Crippen LogP contribution in [0.15, 0.2) is 24.3 Å². The van der Waals surface area contributed by atoms with Crippen LogP contribution in [-0.4, -0.2) is 99.5 Å². The molecule has 8 heteroatoms. The minimum absolute atomic E-state index is 0.0492. The minimum Gasteiger partial charge on any atom is -0.444 e. The molecule has 1 unspecified atom stereocenters. The maximum Gasteiger partial charge on any atom is 0.410 e. The van der Waals surface area contributed by atoms with Crippen LogP contribution in [0.5, 0.6) is 0 Å². The van der Waals surface area contributed by atoms with Gasteiger partial charge in [0.05, 0.1) is 13.2 Å². The SMILES string of the molecule is CN(C)C(=O)N1CC2(CCN(C[C@@H]3CCN(C(=O)OC4CCOC4)C3)CC2)c2ccccc21. The van der Waals surface area contributed by atoms with Gasteiger partial charge in [0.2, 0.25) is 0 Å². The molecule has 3 saturated heterocycles. The minimum atomic E-state index is -0.182. The van der Waals surface area contributed by atoms with E-state index in [1.54, 1.807) is 4.90 Å². The molecule has 0 bridgehead atoms. The summed E-state index contributed by atoms with van der Waals surface area (Å²) in [5, 5.41) is 0. The fourth-order valence-electron chi connectivity index (χ4n) is 5.97. The number of rotatable bonds is 3. The molecule has 0 aliphatic carbocycles. The van der Waals surface area contributed by atoms with Gasteiger partial charge in [0.15, 0.2) is 0 Å². The molecule has 8 nitrogen and oxygen atoms in total. The molecule has 33 heavy (non-hydrogen) atoms. The number of urea groups is 1. The number of anilines is 1. The number of hydrogen-bond acceptors (Lipinski definition) is 5. The molecule has 3 fully saturated rings. The predicted molar refractivity (Wildman–Crippen MR) is 126 cm³/mol. The van der Waals surface area contributed by atoms with E-state index in [0.29, 0.717) is 19.1 Å². The van der Waals surface area contributed by atoms with Gasteiger partial charge in [-0.05, 0) is 49.9 Å². The highest BCUT2D eigenvalue weighted by atomic mass is 16.6. The van der Waals surface area contributed by atoms with Crippen LogP contribution >= 0.6 is 0 Å². The predicted octanol–water partition coefficient (Wildman–Crippen LogP) is 2.77. The Bertz CT molecular complexity index is 877. The Kier molecular flexibility index (Phi) is 6.22. The van der Waals surface area contributed by atoms with Gasteiger partial charge in [-0.25, -0.2) is 9.59 Å². The van der Waals surface area contributed by atoms with Crippen LogP contribution in [0.3, 0.4) is 0 Å². The Labute approximate surface area is 196 Å². The number of amides is 3. The van der Waals surface area contributed by atoms with Gasteiger partial charge < -0.3 is 24.2 Å². The number of nitrogens with zero attached hydrogens (tertiary/aromatic N) is 4. The molecule has 4 aliphatic heterocycles. The van der Waals surface area contributed by atoms with Crippen LogP contribution in [0.2, 0.25) is 0 Å². The van der Waals surface area contributed by atoms with Gasteiger partial charge in [0, 0.05) is 57.8 Å². The Morgan fingerprint density at radius 1 is 1.15 bits per heavy atom. The molecule has 0 radical (unpaired) electrons. The molecule has 4 aliphatic rings. The lowest BCUT2D eigenvalue weighted by Crippen LogP contribution is -2.48. The smallest absolute Gasteiger partial charge is 0.410 e. The summed E-state index contributed by atoms with van der Waals surface area (Å²) in [6, 6.07) is 8.48. The number of para-hydroxylation sites is 1. The molecule has 0 saturated carbocycles. The molecular weight excluding hydrogens is 420 g/mol. The van der Waals surface area contributed by atoms with E-state index >= 15 is 0 Å². The number of fused-ring (bicyclic) bond motifs is 2. The number of carbonyl (C=O) groups excluding carboxylic acids is 2. The lowest BCUT2D eigenvalue weighted by molar-refractivity contribution is 0.0581. The zero-order chi connectivity index (χ0) is 23.0. The summed E-state index contributed by atoms with van der Waals surface area (Å²) in [5.41, 5.74) is 2.45. The van der Waals surface area contributed by atoms with Gasteiger partial charge in [-0.1, -0.05) is 18.2 Å². The van der Waals surface area contributed by atoms with Crippen molar-refractivity contribution in [2.75, 3.05) is 71.5 Å². The average molecular weight is 457 g/mol. The van der Waals surface area contributed by atoms with Crippen molar-refractivity contribution in [3.8, 4) is 0 Å². The second kappa shape index (κ2) is 9.14. The summed E-state index contributed by atoms with van der Waals surface area (Å²) in [4.78, 5) is 33.3. The van der Waals surface area contributed by atoms with E-state index in [1.165, 1.54) is 5.56 Å². The lowest BCUT2D eigenvalue weighted by atomic mass is 9.74. The fraction of sp³-hybridized carbons (Fsp3) is 0.680. The first-order chi connectivity index (χ1) is 15.9. The largest absolute Gasteiger partial charge is 0.444 e. The summed E-state index contributed by atoms with van der Waals surface area (Å²) >= 11 is 0. The summed E-state index contributed by atoms with van der Waals surface area (Å²) < 4.78 is 10.9. The second-order valence-electron chi connectivity index (χ2n) is 10.3. The molecule has 0 aromatic heterocycles. The highest BCUT2D eigenvalue weighted by Crippen LogP contribution is 2.47. The molecule has 4 heterocycles. The topological polar surface area (TPSA) is 65.6 Å². The maximum absolute atomic E-state index is 12.8. The fourth-order valence-corrected chi connectivity index (χ4v) is 5.97. The number of ether oxygens (including phenoxy) is 2. The summed E-state index contributed by atoms with van der Waals surface area (Å²) in [6.45, 7) is 6.62. The summed E-state index contributed by atoms with van der Waals surface area (Å²) in [6.07, 6.45) is 3.69. The molecule has 1 aromatic carbocycles. The third-order valence-electron chi connectivity index (χ3n) is 7.87. The zero-order valence-corrected chi connectivity index (χ0v) is 19.9. The Hall–Kier alpha value is -2.32. The second-order valence-corrected chi connectivity index (χ2v) is 10.3. The summed E-state index contributed by atoms with van der Waals surface area (Å²) in [5.74, 6) is 0.495. The molecule has 180 valence electrons. The molecule has 2 atom stereocenters. The van der Waals surface area contributed by atoms with Crippen molar-refractivity contribution < 1.29 is 19.1 Å². The van der Waals surface area contributed by atoms with Gasteiger partial charge in [-0.3, -0.25) is 4.90 Å². The Morgan fingerprint density at radius 2 is 1.94 bits per heavy atom. The van der Waals surface area contributed by atoms with E-state index < -0.39 is 0 Å². The number of carbonyl (C=O) groups is 2. The molecule has 5 rings (SSSR count). The van der Waals surface area contributed by atoms with E-state index in [-0.39, 0.29) is 23.6 Å². The van der Waals surface area contributed by atoms with E-state index in [0.717, 1.165) is 70.6 Å². The normalized spacial score (nSPS) is 26.6. The Balaban J connectivity index is 1.16. The van der Waals surface area contributed by atoms with Crippen molar-refractivity contribution in [1.82, 2.24) is 14.7 Å². The number of benzene rings is 1. The van der Waals surface area contributed by atoms with Crippen molar-refractivity contribution in [3.63, 3.8) is 0 Å². The van der Waals surface area contributed by atoms with Gasteiger partial charge in [-0.15, -0.1) is 0 Å². The van der Waals surface area contributed by atoms with Crippen molar-refractivity contribution in [3.05, 3.63) is 29.8 Å². The van der Waals surface area contributed by atoms with Crippen LogP contribution in [0.25, 0.3) is 0 Å². The molecular formula is C25H36N4O4. The Morgan fingerprint density at radius 3 is 2.67 bits per heavy atom. The van der Waals surface area contributed by atoms with Crippen molar-refractivity contribution >= 4 is 17.8 Å². The standard InChI is InChI=1S/C25H36N4O4/c1-26(2)23(30)29-18-25(21-5-3-4-6-22(21)29)9-12-27(13-10-25)15-19-7-11-28(16-19)24(31)33-20-8-14-32-17-20/h3-6,19-20H,7-18H2,1-2H3/t19-,20?/m0/s1. The first-order valence-corrected chi connectivity index (χ1v) is 12.3. The third kappa shape index (κ3) is 4.43. The third-order valence-corrected chi connectivity index (χ3v) is 7.87. The van der Waals surface area contributed by atoms with Crippen LogP contribution < -0.4 is 4.90 Å². The first kappa shape index (κ1) is 22.5. The monoisotopic (exact) mass is 456 g/mol. The molecule has 0 N–H and O–H groups in total. The van der Waals surface area contributed by atoms with Crippen LogP contribution in [0.1, 0.15) is 31.2 Å². The van der Waals surface area contributed by atoms with Crippen molar-refractivity contribution in [2.24, 2.45) is 5.92 Å². The van der Waals surface area contributed by atoms with E-state index in [9.17, 15) is 9.59 Å². The summed E-state index contributed by atoms with van der Waals surface area (Å²) in [7, 11) is 3.64. The molecule has 1 spiro atoms. The van der Waals surface area contributed by atoms with Crippen LogP contribution in [-0.2, 0) is 14.9 Å². The number of piperidine rings is 1. The number of hydrogen-bond donors (Lipinski definition) is 0. The zero-order valence-electron chi connectivity index (χ0n) is 19.9. The maximum atomic E-state index is 12.8. The first-order valence-electron chi connectivity index (χ1n) is 12.3. The van der Waals surface area contributed by atoms with E-state index in [1.807, 2.05) is 30.0 Å². The van der Waals surface area contributed by atoms with Gasteiger partial charge in [-0.2, -0.15) is 0 Å². The highest BCUT2D eigenvalue weighted by molar-refractivity contribution is 5.95. The van der Waals surface area contributed by atoms with Crippen LogP contribution in [0, 0.1) is 5.92 Å². The average Bonchev–Trinajstić information content (AvgIpc) is 3.56. The van der Waals surface area contributed by atoms with Crippen LogP contribution in [0.4, 0.5) is 15.3 Å². The lowest BCUT2D eigenvalue weighted by Gasteiger charge is -2.40. The van der Waals surface area contributed by atoms with Crippen molar-refractivity contribution in [2.45, 2.75) is 37.2 Å². The molecule has 1 aromatic rings. The van der Waals surface area contributed by atoms with Crippen molar-refractivity contribution in [1.29, 1.82) is 0 Å². The van der Waals surface area contributed by atoms with Gasteiger partial charge >= 0.3 is 12.1 Å². The van der Waals surface area contributed by atoms with E-state index in [4.69, 9.17) is 9.47 Å². The van der Waals surface area contributed by atoms with Gasteiger partial charge in [0.1, 0.15) is 6.10 Å². The highest BCUT2D eigenvalue weighted by Gasteiger charge is 2.46. The van der Waals surface area contributed by atoms with E-state index in [2.05, 4.69) is 23.1 Å². The quantitative estimate of drug-likeness (QED) is 0.700. The molecule has 3 amide bonds.